The zero-order valence-corrected chi connectivity index (χ0v) is 17.3. The largest absolute Gasteiger partial charge is 0.497 e. The highest BCUT2D eigenvalue weighted by Gasteiger charge is 2.42. The molecule has 3 heterocycles. The van der Waals surface area contributed by atoms with Crippen LogP contribution < -0.4 is 10.1 Å². The van der Waals surface area contributed by atoms with Crippen molar-refractivity contribution in [2.75, 3.05) is 14.2 Å². The second-order valence-corrected chi connectivity index (χ2v) is 7.41. The fraction of sp³-hybridized carbons (Fsp3) is 0.261. The van der Waals surface area contributed by atoms with Crippen molar-refractivity contribution in [1.29, 1.82) is 0 Å². The van der Waals surface area contributed by atoms with Crippen LogP contribution in [-0.2, 0) is 12.6 Å². The molecule has 1 aromatic carbocycles. The van der Waals surface area contributed by atoms with Crippen LogP contribution in [0.2, 0.25) is 0 Å². The Balaban J connectivity index is 0.000000151. The summed E-state index contributed by atoms with van der Waals surface area (Å²) in [7, 11) is 5.56. The number of ether oxygens (including phenoxy) is 1. The summed E-state index contributed by atoms with van der Waals surface area (Å²) in [5, 5.41) is 11.0. The third-order valence-corrected chi connectivity index (χ3v) is 5.68. The highest BCUT2D eigenvalue weighted by atomic mass is 16.5. The molecule has 0 saturated heterocycles. The summed E-state index contributed by atoms with van der Waals surface area (Å²) >= 11 is 0. The SMILES string of the molecule is CNC1(c2cccc(OC)c2)CC1.Cn1c(C=O)cc2ccc(-c3cn[nH]c3)nc21. The number of pyridine rings is 1. The number of hydrogen-bond donors (Lipinski definition) is 2. The lowest BCUT2D eigenvalue weighted by atomic mass is 10.1. The second kappa shape index (κ2) is 8.12. The molecule has 0 amide bonds. The number of nitrogens with zero attached hydrogens (tertiary/aromatic N) is 3. The summed E-state index contributed by atoms with van der Waals surface area (Å²) in [6, 6.07) is 14.0. The van der Waals surface area contributed by atoms with Crippen molar-refractivity contribution in [3.8, 4) is 17.0 Å². The molecule has 7 heteroatoms. The Bertz CT molecular complexity index is 1160. The molecule has 5 rings (SSSR count). The Morgan fingerprint density at radius 1 is 1.23 bits per heavy atom. The predicted octanol–water partition coefficient (Wildman–Crippen LogP) is 3.68. The molecule has 1 saturated carbocycles. The maximum absolute atomic E-state index is 10.8. The van der Waals surface area contributed by atoms with Crippen LogP contribution in [-0.4, -0.2) is 40.2 Å². The summed E-state index contributed by atoms with van der Waals surface area (Å²) in [5.41, 5.74) is 4.77. The van der Waals surface area contributed by atoms with Gasteiger partial charge in [-0.1, -0.05) is 12.1 Å². The number of benzene rings is 1. The van der Waals surface area contributed by atoms with Gasteiger partial charge in [0.1, 0.15) is 11.4 Å². The average Bonchev–Trinajstić information content (AvgIpc) is 3.27. The number of aldehydes is 1. The zero-order valence-electron chi connectivity index (χ0n) is 17.3. The van der Waals surface area contributed by atoms with Gasteiger partial charge in [-0.2, -0.15) is 5.10 Å². The topological polar surface area (TPSA) is 84.8 Å². The summed E-state index contributed by atoms with van der Waals surface area (Å²) in [6.45, 7) is 0. The van der Waals surface area contributed by atoms with Crippen LogP contribution in [0.5, 0.6) is 5.75 Å². The lowest BCUT2D eigenvalue weighted by molar-refractivity contribution is 0.111. The highest BCUT2D eigenvalue weighted by molar-refractivity contribution is 5.87. The summed E-state index contributed by atoms with van der Waals surface area (Å²) in [6.07, 6.45) is 6.81. The minimum absolute atomic E-state index is 0.245. The van der Waals surface area contributed by atoms with Gasteiger partial charge in [0, 0.05) is 29.7 Å². The van der Waals surface area contributed by atoms with E-state index in [0.717, 1.165) is 34.3 Å². The molecule has 7 nitrogen and oxygen atoms in total. The lowest BCUT2D eigenvalue weighted by Crippen LogP contribution is -2.24. The van der Waals surface area contributed by atoms with E-state index < -0.39 is 0 Å². The monoisotopic (exact) mass is 403 g/mol. The number of carbonyl (C=O) groups is 1. The Morgan fingerprint density at radius 2 is 2.07 bits per heavy atom. The van der Waals surface area contributed by atoms with Crippen LogP contribution in [0.25, 0.3) is 22.3 Å². The van der Waals surface area contributed by atoms with Gasteiger partial charge in [0.05, 0.1) is 24.7 Å². The minimum Gasteiger partial charge on any atom is -0.497 e. The first kappa shape index (κ1) is 19.8. The van der Waals surface area contributed by atoms with Crippen LogP contribution in [0.4, 0.5) is 0 Å². The molecule has 0 unspecified atom stereocenters. The first-order chi connectivity index (χ1) is 14.6. The van der Waals surface area contributed by atoms with Gasteiger partial charge >= 0.3 is 0 Å². The number of methoxy groups -OCH3 is 1. The van der Waals surface area contributed by atoms with Crippen LogP contribution in [0.1, 0.15) is 28.9 Å². The van der Waals surface area contributed by atoms with Gasteiger partial charge in [-0.3, -0.25) is 9.89 Å². The molecule has 0 radical (unpaired) electrons. The van der Waals surface area contributed by atoms with Crippen molar-refractivity contribution in [2.24, 2.45) is 7.05 Å². The van der Waals surface area contributed by atoms with Crippen molar-refractivity contribution >= 4 is 17.3 Å². The molecule has 3 aromatic heterocycles. The van der Waals surface area contributed by atoms with Crippen molar-refractivity contribution < 1.29 is 9.53 Å². The van der Waals surface area contributed by atoms with Crippen molar-refractivity contribution in [3.05, 3.63) is 66.1 Å². The summed E-state index contributed by atoms with van der Waals surface area (Å²) in [4.78, 5) is 15.4. The van der Waals surface area contributed by atoms with E-state index in [1.165, 1.54) is 18.4 Å². The van der Waals surface area contributed by atoms with Crippen molar-refractivity contribution in [1.82, 2.24) is 25.1 Å². The zero-order chi connectivity index (χ0) is 21.1. The number of H-pyrrole nitrogens is 1. The third kappa shape index (κ3) is 3.71. The van der Waals surface area contributed by atoms with Crippen LogP contribution >= 0.6 is 0 Å². The Morgan fingerprint density at radius 3 is 2.70 bits per heavy atom. The van der Waals surface area contributed by atoms with Gasteiger partial charge in [-0.25, -0.2) is 4.98 Å². The second-order valence-electron chi connectivity index (χ2n) is 7.41. The lowest BCUT2D eigenvalue weighted by Gasteiger charge is -2.15. The van der Waals surface area contributed by atoms with Gasteiger partial charge in [-0.05, 0) is 55.8 Å². The summed E-state index contributed by atoms with van der Waals surface area (Å²) in [5.74, 6) is 0.944. The smallest absolute Gasteiger partial charge is 0.166 e. The Hall–Kier alpha value is -3.45. The van der Waals surface area contributed by atoms with E-state index in [9.17, 15) is 4.79 Å². The maximum atomic E-state index is 10.8. The number of carbonyl (C=O) groups excluding carboxylic acids is 1. The van der Waals surface area contributed by atoms with Crippen molar-refractivity contribution in [3.63, 3.8) is 0 Å². The molecule has 30 heavy (non-hydrogen) atoms. The molecule has 0 atom stereocenters. The maximum Gasteiger partial charge on any atom is 0.166 e. The molecule has 1 aliphatic rings. The third-order valence-electron chi connectivity index (χ3n) is 5.68. The first-order valence-electron chi connectivity index (χ1n) is 9.84. The van der Waals surface area contributed by atoms with Gasteiger partial charge in [0.25, 0.3) is 0 Å². The average molecular weight is 403 g/mol. The van der Waals surface area contributed by atoms with Crippen LogP contribution in [0, 0.1) is 0 Å². The fourth-order valence-corrected chi connectivity index (χ4v) is 3.61. The van der Waals surface area contributed by atoms with Gasteiger partial charge in [0.2, 0.25) is 0 Å². The molecule has 4 aromatic rings. The molecule has 0 bridgehead atoms. The number of aryl methyl sites for hydroxylation is 1. The van der Waals surface area contributed by atoms with E-state index in [1.807, 2.05) is 44.4 Å². The van der Waals surface area contributed by atoms with Crippen LogP contribution in [0.15, 0.2) is 54.9 Å². The molecular formula is C23H25N5O2. The molecule has 0 aliphatic heterocycles. The molecule has 154 valence electrons. The molecule has 1 aliphatic carbocycles. The fourth-order valence-electron chi connectivity index (χ4n) is 3.61. The van der Waals surface area contributed by atoms with Crippen molar-refractivity contribution in [2.45, 2.75) is 18.4 Å². The molecule has 1 fully saturated rings. The Kier molecular flexibility index (Phi) is 5.37. The summed E-state index contributed by atoms with van der Waals surface area (Å²) < 4.78 is 6.98. The van der Waals surface area contributed by atoms with Gasteiger partial charge in [0.15, 0.2) is 6.29 Å². The molecule has 0 spiro atoms. The minimum atomic E-state index is 0.245. The number of hydrogen-bond acceptors (Lipinski definition) is 5. The van der Waals surface area contributed by atoms with E-state index in [0.29, 0.717) is 5.69 Å². The highest BCUT2D eigenvalue weighted by Crippen LogP contribution is 2.45. The van der Waals surface area contributed by atoms with Crippen LogP contribution in [0.3, 0.4) is 0 Å². The normalized spacial score (nSPS) is 14.1. The number of nitrogens with one attached hydrogen (secondary N) is 2. The number of rotatable bonds is 5. The Labute approximate surface area is 175 Å². The first-order valence-corrected chi connectivity index (χ1v) is 9.84. The van der Waals surface area contributed by atoms with Gasteiger partial charge < -0.3 is 14.6 Å². The predicted molar refractivity (Wildman–Crippen MR) is 117 cm³/mol. The van der Waals surface area contributed by atoms with E-state index in [2.05, 4.69) is 32.6 Å². The number of aromatic amines is 1. The molecular weight excluding hydrogens is 378 g/mol. The van der Waals surface area contributed by atoms with E-state index in [1.54, 1.807) is 24.1 Å². The number of aromatic nitrogens is 4. The van der Waals surface area contributed by atoms with E-state index in [-0.39, 0.29) is 5.54 Å². The van der Waals surface area contributed by atoms with E-state index >= 15 is 0 Å². The molecule has 2 N–H and O–H groups in total. The quantitative estimate of drug-likeness (QED) is 0.497. The van der Waals surface area contributed by atoms with E-state index in [4.69, 9.17) is 4.74 Å². The standard InChI is InChI=1S/C12H10N4O.C11H15NO/c1-16-10(7-17)4-8-2-3-11(15-12(8)16)9-5-13-14-6-9;1-12-11(6-7-11)9-4-3-5-10(8-9)13-2/h2-7H,1H3,(H,13,14);3-5,8,12H,6-7H2,1-2H3. The number of fused-ring (bicyclic) bond motifs is 1. The van der Waals surface area contributed by atoms with Gasteiger partial charge in [-0.15, -0.1) is 0 Å².